The molecule has 1 aromatic carbocycles. The lowest BCUT2D eigenvalue weighted by molar-refractivity contribution is 0.630. The smallest absolute Gasteiger partial charge is 0.254 e. The summed E-state index contributed by atoms with van der Waals surface area (Å²) in [5.74, 6) is -0.0980. The van der Waals surface area contributed by atoms with Crippen molar-refractivity contribution in [3.05, 3.63) is 66.4 Å². The molecule has 0 saturated carbocycles. The van der Waals surface area contributed by atoms with E-state index in [0.717, 1.165) is 3.57 Å². The van der Waals surface area contributed by atoms with Gasteiger partial charge >= 0.3 is 0 Å². The van der Waals surface area contributed by atoms with Gasteiger partial charge in [-0.25, -0.2) is 8.60 Å². The molecule has 136 valence electrons. The number of hydrogen-bond donors (Lipinski definition) is 2. The van der Waals surface area contributed by atoms with Gasteiger partial charge in [-0.2, -0.15) is 11.3 Å². The summed E-state index contributed by atoms with van der Waals surface area (Å²) in [7, 11) is 0.0907. The van der Waals surface area contributed by atoms with Crippen molar-refractivity contribution in [2.45, 2.75) is 11.8 Å². The molecule has 9 heteroatoms. The van der Waals surface area contributed by atoms with Gasteiger partial charge in [0.1, 0.15) is 11.6 Å². The van der Waals surface area contributed by atoms with Crippen LogP contribution in [0.15, 0.2) is 50.8 Å². The van der Waals surface area contributed by atoms with E-state index < -0.39 is 16.8 Å². The Labute approximate surface area is 170 Å². The van der Waals surface area contributed by atoms with Gasteiger partial charge in [-0.3, -0.25) is 14.1 Å². The summed E-state index contributed by atoms with van der Waals surface area (Å²) in [5, 5.41) is 6.56. The van der Waals surface area contributed by atoms with Crippen molar-refractivity contribution in [2.75, 3.05) is 10.0 Å². The fraction of sp³-hybridized carbons (Fsp3) is 0.118. The van der Waals surface area contributed by atoms with Gasteiger partial charge in [-0.05, 0) is 65.2 Å². The molecule has 0 aliphatic carbocycles. The molecule has 1 unspecified atom stereocenters. The fourth-order valence-electron chi connectivity index (χ4n) is 2.36. The lowest BCUT2D eigenvalue weighted by atomic mass is 10.2. The number of halogens is 2. The molecule has 0 aliphatic heterocycles. The van der Waals surface area contributed by atoms with E-state index in [-0.39, 0.29) is 11.2 Å². The van der Waals surface area contributed by atoms with E-state index in [9.17, 15) is 13.4 Å². The molecule has 26 heavy (non-hydrogen) atoms. The predicted molar refractivity (Wildman–Crippen MR) is 113 cm³/mol. The van der Waals surface area contributed by atoms with Gasteiger partial charge in [0.25, 0.3) is 5.56 Å². The Hall–Kier alpha value is -1.72. The zero-order chi connectivity index (χ0) is 18.8. The maximum atomic E-state index is 14.2. The van der Waals surface area contributed by atoms with Crippen LogP contribution in [0.1, 0.15) is 5.56 Å². The molecule has 0 aliphatic rings. The lowest BCUT2D eigenvalue weighted by Crippen LogP contribution is -2.23. The van der Waals surface area contributed by atoms with Crippen LogP contribution in [0.25, 0.3) is 0 Å². The standard InChI is InChI=1S/C17H15FIN3O2S2/c1-10-7-15(21-26(24)12-5-6-25-9-12)16(22(2)17(10)23)20-14-4-3-11(19)8-13(14)18/h3-9,20-21H,1-2H3. The Balaban J connectivity index is 2.03. The maximum Gasteiger partial charge on any atom is 0.254 e. The van der Waals surface area contributed by atoms with Crippen LogP contribution >= 0.6 is 33.9 Å². The van der Waals surface area contributed by atoms with Crippen molar-refractivity contribution in [1.82, 2.24) is 4.57 Å². The zero-order valence-corrected chi connectivity index (χ0v) is 17.7. The van der Waals surface area contributed by atoms with Crippen LogP contribution in [0.5, 0.6) is 0 Å². The van der Waals surface area contributed by atoms with Crippen LogP contribution in [0.4, 0.5) is 21.6 Å². The molecular weight excluding hydrogens is 488 g/mol. The summed E-state index contributed by atoms with van der Waals surface area (Å²) in [6, 6.07) is 8.12. The van der Waals surface area contributed by atoms with Gasteiger partial charge < -0.3 is 5.32 Å². The average molecular weight is 503 g/mol. The minimum Gasteiger partial charge on any atom is -0.337 e. The molecule has 2 aromatic heterocycles. The minimum atomic E-state index is -1.49. The number of rotatable bonds is 5. The Morgan fingerprint density at radius 2 is 2.00 bits per heavy atom. The molecule has 3 aromatic rings. The van der Waals surface area contributed by atoms with Gasteiger partial charge in [0.2, 0.25) is 0 Å². The van der Waals surface area contributed by atoms with Crippen molar-refractivity contribution in [3.63, 3.8) is 0 Å². The van der Waals surface area contributed by atoms with Crippen LogP contribution in [0.2, 0.25) is 0 Å². The Bertz CT molecular complexity index is 1040. The van der Waals surface area contributed by atoms with Crippen LogP contribution in [0, 0.1) is 16.3 Å². The van der Waals surface area contributed by atoms with E-state index in [1.165, 1.54) is 22.0 Å². The van der Waals surface area contributed by atoms with Crippen molar-refractivity contribution >= 4 is 62.1 Å². The summed E-state index contributed by atoms with van der Waals surface area (Å²) in [4.78, 5) is 12.9. The van der Waals surface area contributed by atoms with Gasteiger partial charge in [0.05, 0.1) is 16.3 Å². The van der Waals surface area contributed by atoms with Gasteiger partial charge in [-0.1, -0.05) is 0 Å². The molecule has 0 spiro atoms. The molecule has 0 fully saturated rings. The second kappa shape index (κ2) is 7.89. The summed E-state index contributed by atoms with van der Waals surface area (Å²) >= 11 is 3.47. The largest absolute Gasteiger partial charge is 0.337 e. The first-order chi connectivity index (χ1) is 12.4. The molecule has 1 atom stereocenters. The number of thiophene rings is 1. The Morgan fingerprint density at radius 1 is 1.23 bits per heavy atom. The predicted octanol–water partition coefficient (Wildman–Crippen LogP) is 4.38. The monoisotopic (exact) mass is 503 g/mol. The number of hydrogen-bond acceptors (Lipinski definition) is 4. The minimum absolute atomic E-state index is 0.217. The van der Waals surface area contributed by atoms with Gasteiger partial charge in [0, 0.05) is 21.6 Å². The Kier molecular flexibility index (Phi) is 5.78. The number of nitrogens with zero attached hydrogens (tertiary/aromatic N) is 1. The van der Waals surface area contributed by atoms with Crippen LogP contribution in [0.3, 0.4) is 0 Å². The highest BCUT2D eigenvalue weighted by Crippen LogP contribution is 2.28. The van der Waals surface area contributed by atoms with E-state index in [1.807, 2.05) is 28.0 Å². The maximum absolute atomic E-state index is 14.2. The zero-order valence-electron chi connectivity index (χ0n) is 13.9. The van der Waals surface area contributed by atoms with Crippen molar-refractivity contribution in [3.8, 4) is 0 Å². The first-order valence-corrected chi connectivity index (χ1v) is 10.7. The van der Waals surface area contributed by atoms with Crippen molar-refractivity contribution < 1.29 is 8.60 Å². The van der Waals surface area contributed by atoms with E-state index >= 15 is 0 Å². The quantitative estimate of drug-likeness (QED) is 0.509. The van der Waals surface area contributed by atoms with Gasteiger partial charge in [0.15, 0.2) is 11.0 Å². The van der Waals surface area contributed by atoms with E-state index in [0.29, 0.717) is 22.0 Å². The van der Waals surface area contributed by atoms with Crippen LogP contribution in [-0.4, -0.2) is 8.78 Å². The molecule has 0 radical (unpaired) electrons. The highest BCUT2D eigenvalue weighted by Gasteiger charge is 2.15. The highest BCUT2D eigenvalue weighted by molar-refractivity contribution is 14.1. The SMILES string of the molecule is Cc1cc(NS(=O)c2ccsc2)c(Nc2ccc(I)cc2F)n(C)c1=O. The third kappa shape index (κ3) is 3.99. The summed E-state index contributed by atoms with van der Waals surface area (Å²) in [5.41, 5.74) is 0.956. The molecule has 0 bridgehead atoms. The molecule has 3 rings (SSSR count). The normalized spacial score (nSPS) is 12.0. The first kappa shape index (κ1) is 19.1. The number of pyridine rings is 1. The van der Waals surface area contributed by atoms with Crippen molar-refractivity contribution in [1.29, 1.82) is 0 Å². The number of aryl methyl sites for hydroxylation is 1. The second-order valence-corrected chi connectivity index (χ2v) is 8.77. The fourth-order valence-corrected chi connectivity index (χ4v) is 4.59. The molecule has 0 saturated heterocycles. The lowest BCUT2D eigenvalue weighted by Gasteiger charge is -2.18. The first-order valence-electron chi connectivity index (χ1n) is 7.50. The third-order valence-electron chi connectivity index (χ3n) is 3.69. The van der Waals surface area contributed by atoms with Crippen molar-refractivity contribution in [2.24, 2.45) is 7.05 Å². The van der Waals surface area contributed by atoms with E-state index in [4.69, 9.17) is 0 Å². The molecule has 5 nitrogen and oxygen atoms in total. The third-order valence-corrected chi connectivity index (χ3v) is 6.28. The van der Waals surface area contributed by atoms with E-state index in [1.54, 1.807) is 43.6 Å². The number of anilines is 3. The topological polar surface area (TPSA) is 63.1 Å². The number of aromatic nitrogens is 1. The summed E-state index contributed by atoms with van der Waals surface area (Å²) < 4.78 is 31.8. The van der Waals surface area contributed by atoms with Gasteiger partial charge in [-0.15, -0.1) is 0 Å². The summed E-state index contributed by atoms with van der Waals surface area (Å²) in [6.07, 6.45) is 0. The molecular formula is C17H15FIN3O2S2. The number of benzene rings is 1. The molecule has 2 N–H and O–H groups in total. The van der Waals surface area contributed by atoms with Crippen LogP contribution in [-0.2, 0) is 18.0 Å². The number of nitrogens with one attached hydrogen (secondary N) is 2. The average Bonchev–Trinajstić information content (AvgIpc) is 3.13. The van der Waals surface area contributed by atoms with E-state index in [2.05, 4.69) is 10.0 Å². The van der Waals surface area contributed by atoms with Crippen LogP contribution < -0.4 is 15.6 Å². The molecule has 0 amide bonds. The Morgan fingerprint density at radius 3 is 2.65 bits per heavy atom. The summed E-state index contributed by atoms with van der Waals surface area (Å²) in [6.45, 7) is 1.68. The highest BCUT2D eigenvalue weighted by atomic mass is 127. The second-order valence-electron chi connectivity index (χ2n) is 5.53. The molecule has 2 heterocycles.